The minimum absolute atomic E-state index is 0.235. The van der Waals surface area contributed by atoms with Crippen LogP contribution in [0.2, 0.25) is 0 Å². The molecule has 1 atom stereocenters. The summed E-state index contributed by atoms with van der Waals surface area (Å²) in [7, 11) is 0. The number of aliphatic hydroxyl groups is 1. The highest BCUT2D eigenvalue weighted by molar-refractivity contribution is 6.12. The van der Waals surface area contributed by atoms with Crippen LogP contribution < -0.4 is 9.64 Å². The lowest BCUT2D eigenvalue weighted by atomic mass is 9.93. The fourth-order valence-corrected chi connectivity index (χ4v) is 3.94. The molecule has 3 aromatic rings. The molecule has 0 fully saturated rings. The third-order valence-electron chi connectivity index (χ3n) is 5.22. The number of carbonyl (C=O) groups is 1. The Balaban J connectivity index is 1.76. The third-order valence-corrected chi connectivity index (χ3v) is 5.22. The molecule has 1 amide bonds. The van der Waals surface area contributed by atoms with Crippen LogP contribution in [0.5, 0.6) is 5.75 Å². The maximum absolute atomic E-state index is 13.3. The summed E-state index contributed by atoms with van der Waals surface area (Å²) >= 11 is 0. The number of rotatable bonds is 2. The molecule has 2 heterocycles. The maximum atomic E-state index is 13.3. The Morgan fingerprint density at radius 2 is 1.93 bits per heavy atom. The normalized spacial score (nSPS) is 19.9. The van der Waals surface area contributed by atoms with E-state index in [0.29, 0.717) is 40.4 Å². The smallest absolute Gasteiger partial charge is 0.261 e. The molecule has 2 aliphatic heterocycles. The molecule has 2 aliphatic rings. The molecule has 3 aromatic carbocycles. The van der Waals surface area contributed by atoms with Gasteiger partial charge in [-0.1, -0.05) is 30.3 Å². The van der Waals surface area contributed by atoms with Crippen LogP contribution in [-0.4, -0.2) is 23.8 Å². The molecule has 0 aliphatic carbocycles. The molecule has 5 rings (SSSR count). The zero-order valence-corrected chi connectivity index (χ0v) is 15.3. The molecule has 28 heavy (non-hydrogen) atoms. The van der Waals surface area contributed by atoms with Gasteiger partial charge in [0.1, 0.15) is 18.0 Å². The Morgan fingerprint density at radius 3 is 2.79 bits per heavy atom. The molecule has 0 bridgehead atoms. The number of aliphatic imine (C=N–C) groups is 1. The van der Waals surface area contributed by atoms with Crippen molar-refractivity contribution >= 4 is 23.5 Å². The average molecular weight is 370 g/mol. The van der Waals surface area contributed by atoms with E-state index in [1.165, 1.54) is 4.90 Å². The molecule has 1 unspecified atom stereocenters. The van der Waals surface area contributed by atoms with Gasteiger partial charge in [-0.25, -0.2) is 0 Å². The van der Waals surface area contributed by atoms with Crippen LogP contribution in [0.1, 0.15) is 27.0 Å². The quantitative estimate of drug-likeness (QED) is 0.743. The lowest BCUT2D eigenvalue weighted by Crippen LogP contribution is -2.45. The van der Waals surface area contributed by atoms with Gasteiger partial charge in [-0.15, -0.1) is 0 Å². The molecule has 0 aromatic heterocycles. The van der Waals surface area contributed by atoms with Crippen LogP contribution in [0.15, 0.2) is 71.7 Å². The van der Waals surface area contributed by atoms with E-state index < -0.39 is 5.72 Å². The fraction of sp³-hybridized carbons (Fsp3) is 0.130. The van der Waals surface area contributed by atoms with E-state index in [9.17, 15) is 9.90 Å². The molecule has 0 radical (unpaired) electrons. The van der Waals surface area contributed by atoms with Crippen molar-refractivity contribution in [2.24, 2.45) is 4.99 Å². The highest BCUT2D eigenvalue weighted by Gasteiger charge is 2.50. The van der Waals surface area contributed by atoms with Crippen LogP contribution >= 0.6 is 0 Å². The second-order valence-corrected chi connectivity index (χ2v) is 7.00. The summed E-state index contributed by atoms with van der Waals surface area (Å²) in [6.07, 6.45) is 1.68. The van der Waals surface area contributed by atoms with Gasteiger partial charge in [0.15, 0.2) is 5.72 Å². The number of benzene rings is 3. The number of anilines is 1. The Kier molecular flexibility index (Phi) is 3.60. The summed E-state index contributed by atoms with van der Waals surface area (Å²) in [5.41, 5.74) is 2.26. The second-order valence-electron chi connectivity index (χ2n) is 7.00. The van der Waals surface area contributed by atoms with Crippen molar-refractivity contribution in [2.45, 2.75) is 12.6 Å². The lowest BCUT2D eigenvalue weighted by Gasteiger charge is -2.35. The zero-order valence-electron chi connectivity index (χ0n) is 15.3. The third kappa shape index (κ3) is 2.30. The van der Waals surface area contributed by atoms with Crippen molar-refractivity contribution in [1.29, 1.82) is 0 Å². The van der Waals surface area contributed by atoms with Crippen LogP contribution in [-0.2, 0) is 5.72 Å². The average Bonchev–Trinajstić information content (AvgIpc) is 2.96. The Labute approximate surface area is 162 Å². The Morgan fingerprint density at radius 1 is 1.07 bits per heavy atom. The van der Waals surface area contributed by atoms with E-state index in [4.69, 9.17) is 4.74 Å². The first kappa shape index (κ1) is 16.7. The summed E-state index contributed by atoms with van der Waals surface area (Å²) in [6, 6.07) is 20.1. The summed E-state index contributed by atoms with van der Waals surface area (Å²) < 4.78 is 5.58. The predicted octanol–water partition coefficient (Wildman–Crippen LogP) is 3.94. The van der Waals surface area contributed by atoms with Gasteiger partial charge in [0, 0.05) is 28.6 Å². The predicted molar refractivity (Wildman–Crippen MR) is 108 cm³/mol. The van der Waals surface area contributed by atoms with Gasteiger partial charge in [-0.2, -0.15) is 0 Å². The van der Waals surface area contributed by atoms with E-state index >= 15 is 0 Å². The van der Waals surface area contributed by atoms with E-state index in [1.54, 1.807) is 36.5 Å². The van der Waals surface area contributed by atoms with Gasteiger partial charge in [-0.3, -0.25) is 14.7 Å². The van der Waals surface area contributed by atoms with Gasteiger partial charge in [0.05, 0.1) is 0 Å². The van der Waals surface area contributed by atoms with Crippen molar-refractivity contribution in [3.05, 3.63) is 89.0 Å². The molecule has 0 spiro atoms. The van der Waals surface area contributed by atoms with Gasteiger partial charge in [-0.05, 0) is 48.9 Å². The number of ether oxygens (including phenoxy) is 1. The van der Waals surface area contributed by atoms with Crippen molar-refractivity contribution in [1.82, 2.24) is 0 Å². The molecule has 0 saturated heterocycles. The number of carbonyl (C=O) groups excluding carboxylic acids is 1. The van der Waals surface area contributed by atoms with Crippen molar-refractivity contribution < 1.29 is 14.6 Å². The van der Waals surface area contributed by atoms with Gasteiger partial charge >= 0.3 is 0 Å². The van der Waals surface area contributed by atoms with Crippen LogP contribution in [0, 0.1) is 6.92 Å². The first-order chi connectivity index (χ1) is 13.6. The van der Waals surface area contributed by atoms with Crippen molar-refractivity contribution in [2.75, 3.05) is 11.5 Å². The monoisotopic (exact) mass is 370 g/mol. The molecule has 5 nitrogen and oxygen atoms in total. The molecule has 138 valence electrons. The van der Waals surface area contributed by atoms with E-state index in [1.807, 2.05) is 43.3 Å². The van der Waals surface area contributed by atoms with Crippen molar-refractivity contribution in [3.8, 4) is 5.75 Å². The molecular weight excluding hydrogens is 352 g/mol. The first-order valence-electron chi connectivity index (χ1n) is 9.12. The maximum Gasteiger partial charge on any atom is 0.261 e. The minimum Gasteiger partial charge on any atom is -0.486 e. The zero-order chi connectivity index (χ0) is 19.3. The fourth-order valence-electron chi connectivity index (χ4n) is 3.94. The number of nitrogens with zero attached hydrogens (tertiary/aromatic N) is 2. The SMILES string of the molecule is Cc1cccc(N2C(=O)c3ccccc3C2(O)c2ccc3c(c2)N=CCO3)c1. The van der Waals surface area contributed by atoms with Gasteiger partial charge in [0.2, 0.25) is 0 Å². The number of amides is 1. The second kappa shape index (κ2) is 6.04. The van der Waals surface area contributed by atoms with E-state index in [-0.39, 0.29) is 5.91 Å². The van der Waals surface area contributed by atoms with Crippen molar-refractivity contribution in [3.63, 3.8) is 0 Å². The lowest BCUT2D eigenvalue weighted by molar-refractivity contribution is 0.0703. The van der Waals surface area contributed by atoms with E-state index in [0.717, 1.165) is 5.56 Å². The highest BCUT2D eigenvalue weighted by Crippen LogP contribution is 2.46. The summed E-state index contributed by atoms with van der Waals surface area (Å²) in [6.45, 7) is 2.38. The van der Waals surface area contributed by atoms with Crippen LogP contribution in [0.3, 0.4) is 0 Å². The number of aryl methyl sites for hydroxylation is 1. The van der Waals surface area contributed by atoms with E-state index in [2.05, 4.69) is 4.99 Å². The Bertz CT molecular complexity index is 1140. The minimum atomic E-state index is -1.64. The molecular formula is C23H18N2O3. The largest absolute Gasteiger partial charge is 0.486 e. The standard InChI is InChI=1S/C23H18N2O3/c1-15-5-4-6-17(13-15)25-22(26)18-7-2-3-8-19(18)23(25,27)16-9-10-21-20(14-16)24-11-12-28-21/h2-11,13-14,27H,12H2,1H3. The summed E-state index contributed by atoms with van der Waals surface area (Å²) in [5.74, 6) is 0.427. The molecule has 5 heteroatoms. The Hall–Kier alpha value is -3.44. The van der Waals surface area contributed by atoms with Crippen LogP contribution in [0.4, 0.5) is 11.4 Å². The first-order valence-corrected chi connectivity index (χ1v) is 9.12. The molecule has 0 saturated carbocycles. The topological polar surface area (TPSA) is 62.1 Å². The number of hydrogen-bond acceptors (Lipinski definition) is 4. The van der Waals surface area contributed by atoms with Crippen LogP contribution in [0.25, 0.3) is 0 Å². The summed E-state index contributed by atoms with van der Waals surface area (Å²) in [5, 5.41) is 12.0. The van der Waals surface area contributed by atoms with Gasteiger partial charge in [0.25, 0.3) is 5.91 Å². The number of hydrogen-bond donors (Lipinski definition) is 1. The van der Waals surface area contributed by atoms with Gasteiger partial charge < -0.3 is 9.84 Å². The highest BCUT2D eigenvalue weighted by atomic mass is 16.5. The number of fused-ring (bicyclic) bond motifs is 2. The molecule has 1 N–H and O–H groups in total. The summed E-state index contributed by atoms with van der Waals surface area (Å²) in [4.78, 5) is 19.1.